The minimum atomic E-state index is -3.76. The molecule has 0 aliphatic rings. The molecule has 0 aliphatic carbocycles. The number of aliphatic hydroxyl groups excluding tert-OH is 1. The Kier molecular flexibility index (Phi) is 4.67. The molecule has 1 N–H and O–H groups in total. The summed E-state index contributed by atoms with van der Waals surface area (Å²) in [5, 5.41) is 9.26. The first-order valence-corrected chi connectivity index (χ1v) is 8.00. The lowest BCUT2D eigenvalue weighted by molar-refractivity contribution is 0.281. The van der Waals surface area contributed by atoms with Crippen LogP contribution in [-0.2, 0) is 30.2 Å². The molecule has 1 aromatic heterocycles. The van der Waals surface area contributed by atoms with E-state index in [0.29, 0.717) is 11.4 Å². The number of nitrogens with zero attached hydrogens (tertiary/aromatic N) is 3. The van der Waals surface area contributed by atoms with E-state index in [0.717, 1.165) is 0 Å². The van der Waals surface area contributed by atoms with E-state index in [4.69, 9.17) is 16.7 Å². The summed E-state index contributed by atoms with van der Waals surface area (Å²) in [6, 6.07) is 4.43. The highest BCUT2D eigenvalue weighted by Gasteiger charge is 2.25. The molecule has 0 spiro atoms. The van der Waals surface area contributed by atoms with Gasteiger partial charge in [0.05, 0.1) is 18.2 Å². The van der Waals surface area contributed by atoms with E-state index in [-0.39, 0.29) is 23.1 Å². The lowest BCUT2D eigenvalue weighted by atomic mass is 10.2. The van der Waals surface area contributed by atoms with Crippen molar-refractivity contribution in [3.63, 3.8) is 0 Å². The highest BCUT2D eigenvalue weighted by molar-refractivity contribution is 7.89. The molecule has 2 rings (SSSR count). The van der Waals surface area contributed by atoms with Crippen molar-refractivity contribution in [1.82, 2.24) is 13.9 Å². The summed E-state index contributed by atoms with van der Waals surface area (Å²) < 4.78 is 28.1. The first kappa shape index (κ1) is 16.0. The second kappa shape index (κ2) is 6.15. The molecule has 1 aromatic carbocycles. The van der Waals surface area contributed by atoms with Crippen LogP contribution in [0.25, 0.3) is 0 Å². The number of imidazole rings is 1. The summed E-state index contributed by atoms with van der Waals surface area (Å²) in [6.45, 7) is -0.117. The van der Waals surface area contributed by atoms with E-state index in [1.54, 1.807) is 30.1 Å². The zero-order chi connectivity index (χ0) is 15.6. The monoisotopic (exact) mass is 329 g/mol. The van der Waals surface area contributed by atoms with Crippen molar-refractivity contribution in [2.24, 2.45) is 7.05 Å². The molecule has 6 nitrogen and oxygen atoms in total. The van der Waals surface area contributed by atoms with E-state index < -0.39 is 10.0 Å². The van der Waals surface area contributed by atoms with Crippen molar-refractivity contribution in [2.45, 2.75) is 18.0 Å². The van der Waals surface area contributed by atoms with Crippen LogP contribution in [0.3, 0.4) is 0 Å². The maximum Gasteiger partial charge on any atom is 0.244 e. The van der Waals surface area contributed by atoms with Gasteiger partial charge in [0.1, 0.15) is 10.7 Å². The number of sulfonamides is 1. The SMILES string of the molecule is CN(Cc1nccn1C)S(=O)(=O)c1cc(CO)ccc1Cl. The van der Waals surface area contributed by atoms with Crippen molar-refractivity contribution in [2.75, 3.05) is 7.05 Å². The average Bonchev–Trinajstić information content (AvgIpc) is 2.84. The second-order valence-corrected chi connectivity index (χ2v) is 7.06. The summed E-state index contributed by atoms with van der Waals surface area (Å²) in [5.41, 5.74) is 0.489. The number of halogens is 1. The first-order valence-electron chi connectivity index (χ1n) is 6.18. The fourth-order valence-corrected chi connectivity index (χ4v) is 3.49. The Labute approximate surface area is 128 Å². The molecule has 114 valence electrons. The molecule has 0 unspecified atom stereocenters. The van der Waals surface area contributed by atoms with Gasteiger partial charge in [0.2, 0.25) is 10.0 Å². The molecule has 8 heteroatoms. The van der Waals surface area contributed by atoms with Crippen LogP contribution in [-0.4, -0.2) is 34.4 Å². The Morgan fingerprint density at radius 2 is 2.14 bits per heavy atom. The van der Waals surface area contributed by atoms with Crippen LogP contribution in [0.15, 0.2) is 35.5 Å². The smallest absolute Gasteiger partial charge is 0.244 e. The van der Waals surface area contributed by atoms with Crippen molar-refractivity contribution in [1.29, 1.82) is 0 Å². The summed E-state index contributed by atoms with van der Waals surface area (Å²) in [7, 11) is -0.500. The summed E-state index contributed by atoms with van der Waals surface area (Å²) in [4.78, 5) is 4.08. The Bertz CT molecular complexity index is 743. The third-order valence-electron chi connectivity index (χ3n) is 3.15. The lowest BCUT2D eigenvalue weighted by Gasteiger charge is -2.18. The fraction of sp³-hybridized carbons (Fsp3) is 0.308. The van der Waals surface area contributed by atoms with Gasteiger partial charge in [0.25, 0.3) is 0 Å². The lowest BCUT2D eigenvalue weighted by Crippen LogP contribution is -2.28. The first-order chi connectivity index (χ1) is 9.86. The van der Waals surface area contributed by atoms with E-state index in [1.165, 1.54) is 23.5 Å². The van der Waals surface area contributed by atoms with Crippen molar-refractivity contribution < 1.29 is 13.5 Å². The third kappa shape index (κ3) is 3.26. The van der Waals surface area contributed by atoms with Gasteiger partial charge in [0.15, 0.2) is 0 Å². The largest absolute Gasteiger partial charge is 0.392 e. The van der Waals surface area contributed by atoms with Crippen molar-refractivity contribution >= 4 is 21.6 Å². The molecule has 0 radical (unpaired) electrons. The van der Waals surface area contributed by atoms with Gasteiger partial charge in [-0.25, -0.2) is 13.4 Å². The number of rotatable bonds is 5. The Morgan fingerprint density at radius 1 is 1.43 bits per heavy atom. The van der Waals surface area contributed by atoms with Gasteiger partial charge in [-0.15, -0.1) is 0 Å². The molecule has 0 atom stereocenters. The van der Waals surface area contributed by atoms with Crippen LogP contribution in [0, 0.1) is 0 Å². The van der Waals surface area contributed by atoms with Crippen molar-refractivity contribution in [3.05, 3.63) is 47.0 Å². The van der Waals surface area contributed by atoms with E-state index in [9.17, 15) is 8.42 Å². The second-order valence-electron chi connectivity index (χ2n) is 4.64. The van der Waals surface area contributed by atoms with Crippen LogP contribution < -0.4 is 0 Å². The van der Waals surface area contributed by atoms with Crippen LogP contribution >= 0.6 is 11.6 Å². The molecule has 0 fully saturated rings. The number of hydrogen-bond acceptors (Lipinski definition) is 4. The number of hydrogen-bond donors (Lipinski definition) is 1. The summed E-state index contributed by atoms with van der Waals surface area (Å²) in [6.07, 6.45) is 3.35. The highest BCUT2D eigenvalue weighted by Crippen LogP contribution is 2.26. The minimum absolute atomic E-state index is 0.0209. The van der Waals surface area contributed by atoms with E-state index >= 15 is 0 Å². The maximum atomic E-state index is 12.6. The molecule has 0 amide bonds. The molecular formula is C13H16ClN3O3S. The minimum Gasteiger partial charge on any atom is -0.392 e. The average molecular weight is 330 g/mol. The maximum absolute atomic E-state index is 12.6. The quantitative estimate of drug-likeness (QED) is 0.899. The molecule has 0 saturated carbocycles. The third-order valence-corrected chi connectivity index (χ3v) is 5.44. The molecule has 0 saturated heterocycles. The number of benzene rings is 1. The van der Waals surface area contributed by atoms with Crippen LogP contribution in [0.5, 0.6) is 0 Å². The zero-order valence-electron chi connectivity index (χ0n) is 11.7. The number of aromatic nitrogens is 2. The molecule has 1 heterocycles. The van der Waals surface area contributed by atoms with Gasteiger partial charge >= 0.3 is 0 Å². The molecule has 21 heavy (non-hydrogen) atoms. The standard InChI is InChI=1S/C13H16ClN3O3S/c1-16-6-5-15-13(16)8-17(2)21(19,20)12-7-10(9-18)3-4-11(12)14/h3-7,18H,8-9H2,1-2H3. The van der Waals surface area contributed by atoms with Crippen LogP contribution in [0.4, 0.5) is 0 Å². The summed E-state index contributed by atoms with van der Waals surface area (Å²) in [5.74, 6) is 0.621. The predicted octanol–water partition coefficient (Wildman–Crippen LogP) is 1.39. The van der Waals surface area contributed by atoms with E-state index in [1.807, 2.05) is 0 Å². The van der Waals surface area contributed by atoms with Gasteiger partial charge < -0.3 is 9.67 Å². The molecule has 0 bridgehead atoms. The van der Waals surface area contributed by atoms with Gasteiger partial charge in [-0.1, -0.05) is 17.7 Å². The van der Waals surface area contributed by atoms with Gasteiger partial charge in [-0.05, 0) is 17.7 Å². The zero-order valence-corrected chi connectivity index (χ0v) is 13.3. The number of aliphatic hydroxyl groups is 1. The van der Waals surface area contributed by atoms with Crippen LogP contribution in [0.2, 0.25) is 5.02 Å². The Hall–Kier alpha value is -1.41. The molecule has 0 aliphatic heterocycles. The summed E-state index contributed by atoms with van der Waals surface area (Å²) >= 11 is 5.99. The van der Waals surface area contributed by atoms with E-state index in [2.05, 4.69) is 4.98 Å². The van der Waals surface area contributed by atoms with Crippen molar-refractivity contribution in [3.8, 4) is 0 Å². The Balaban J connectivity index is 2.35. The normalized spacial score (nSPS) is 12.0. The number of aryl methyl sites for hydroxylation is 1. The molecule has 2 aromatic rings. The molecular weight excluding hydrogens is 314 g/mol. The van der Waals surface area contributed by atoms with Crippen LogP contribution in [0.1, 0.15) is 11.4 Å². The van der Waals surface area contributed by atoms with Gasteiger partial charge in [-0.2, -0.15) is 4.31 Å². The topological polar surface area (TPSA) is 75.4 Å². The fourth-order valence-electron chi connectivity index (χ4n) is 1.84. The Morgan fingerprint density at radius 3 is 2.71 bits per heavy atom. The predicted molar refractivity (Wildman–Crippen MR) is 79.2 cm³/mol. The highest BCUT2D eigenvalue weighted by atomic mass is 35.5. The van der Waals surface area contributed by atoms with Gasteiger partial charge in [-0.3, -0.25) is 0 Å². The van der Waals surface area contributed by atoms with Gasteiger partial charge in [0, 0.05) is 26.5 Å².